The average molecular weight is 297 g/mol. The number of anilines is 1. The lowest BCUT2D eigenvalue weighted by atomic mass is 10.1. The molecule has 2 aromatic carbocycles. The third-order valence-corrected chi connectivity index (χ3v) is 3.27. The summed E-state index contributed by atoms with van der Waals surface area (Å²) >= 11 is 0. The fourth-order valence-corrected chi connectivity index (χ4v) is 2.03. The highest BCUT2D eigenvalue weighted by Gasteiger charge is 2.09. The van der Waals surface area contributed by atoms with Gasteiger partial charge in [0.2, 0.25) is 0 Å². The van der Waals surface area contributed by atoms with E-state index in [1.807, 2.05) is 32.0 Å². The quantitative estimate of drug-likeness (QED) is 0.688. The fourth-order valence-electron chi connectivity index (χ4n) is 2.03. The molecular weight excluding hydrogens is 278 g/mol. The summed E-state index contributed by atoms with van der Waals surface area (Å²) in [5.41, 5.74) is 3.47. The van der Waals surface area contributed by atoms with Gasteiger partial charge in [0.15, 0.2) is 0 Å². The predicted molar refractivity (Wildman–Crippen MR) is 86.2 cm³/mol. The normalized spacial score (nSPS) is 10.1. The molecule has 0 spiro atoms. The summed E-state index contributed by atoms with van der Waals surface area (Å²) in [5, 5.41) is 2.88. The highest BCUT2D eigenvalue weighted by Crippen LogP contribution is 2.18. The smallest absolute Gasteiger partial charge is 0.310 e. The Balaban J connectivity index is 2.08. The Labute approximate surface area is 130 Å². The molecule has 0 aliphatic heterocycles. The van der Waals surface area contributed by atoms with Gasteiger partial charge in [-0.15, -0.1) is 0 Å². The number of carbonyl (C=O) groups excluding carboxylic acids is 2. The SMILES string of the molecule is CCC(=O)Oc1ccc(C(=O)Nc2ccc(C)cc2C)cc1. The second-order valence-electron chi connectivity index (χ2n) is 5.12. The van der Waals surface area contributed by atoms with E-state index in [0.29, 0.717) is 17.7 Å². The predicted octanol–water partition coefficient (Wildman–Crippen LogP) is 3.87. The summed E-state index contributed by atoms with van der Waals surface area (Å²) in [5.74, 6) is -0.0530. The molecule has 0 aromatic heterocycles. The molecular formula is C18H19NO3. The van der Waals surface area contributed by atoms with Crippen LogP contribution < -0.4 is 10.1 Å². The Morgan fingerprint density at radius 2 is 1.73 bits per heavy atom. The molecule has 0 fully saturated rings. The molecule has 2 aromatic rings. The lowest BCUT2D eigenvalue weighted by molar-refractivity contribution is -0.134. The number of ether oxygens (including phenoxy) is 1. The summed E-state index contributed by atoms with van der Waals surface area (Å²) in [4.78, 5) is 23.4. The lowest BCUT2D eigenvalue weighted by Gasteiger charge is -2.09. The molecule has 0 unspecified atom stereocenters. The van der Waals surface area contributed by atoms with Crippen LogP contribution >= 0.6 is 0 Å². The van der Waals surface area contributed by atoms with Crippen molar-refractivity contribution in [2.75, 3.05) is 5.32 Å². The Kier molecular flexibility index (Phi) is 4.94. The van der Waals surface area contributed by atoms with Gasteiger partial charge >= 0.3 is 5.97 Å². The molecule has 0 radical (unpaired) electrons. The highest BCUT2D eigenvalue weighted by atomic mass is 16.5. The first-order chi connectivity index (χ1) is 10.5. The number of esters is 1. The van der Waals surface area contributed by atoms with E-state index in [1.54, 1.807) is 31.2 Å². The Bertz CT molecular complexity index is 690. The van der Waals surface area contributed by atoms with Crippen molar-refractivity contribution in [3.05, 3.63) is 59.2 Å². The van der Waals surface area contributed by atoms with Crippen molar-refractivity contribution in [3.8, 4) is 5.75 Å². The zero-order valence-corrected chi connectivity index (χ0v) is 13.0. The number of benzene rings is 2. The molecule has 0 heterocycles. The van der Waals surface area contributed by atoms with E-state index >= 15 is 0 Å². The van der Waals surface area contributed by atoms with Gasteiger partial charge in [-0.05, 0) is 49.7 Å². The summed E-state index contributed by atoms with van der Waals surface area (Å²) in [6.45, 7) is 5.69. The van der Waals surface area contributed by atoms with Gasteiger partial charge in [-0.3, -0.25) is 9.59 Å². The van der Waals surface area contributed by atoms with Crippen LogP contribution in [-0.2, 0) is 4.79 Å². The Morgan fingerprint density at radius 1 is 1.05 bits per heavy atom. The van der Waals surface area contributed by atoms with Gasteiger partial charge in [-0.2, -0.15) is 0 Å². The van der Waals surface area contributed by atoms with Crippen molar-refractivity contribution in [2.24, 2.45) is 0 Å². The van der Waals surface area contributed by atoms with Crippen LogP contribution in [-0.4, -0.2) is 11.9 Å². The Morgan fingerprint density at radius 3 is 2.32 bits per heavy atom. The summed E-state index contributed by atoms with van der Waals surface area (Å²) in [6, 6.07) is 12.4. The molecule has 4 nitrogen and oxygen atoms in total. The first-order valence-electron chi connectivity index (χ1n) is 7.19. The number of hydrogen-bond acceptors (Lipinski definition) is 3. The lowest BCUT2D eigenvalue weighted by Crippen LogP contribution is -2.13. The van der Waals surface area contributed by atoms with Crippen LogP contribution in [0.25, 0.3) is 0 Å². The third kappa shape index (κ3) is 3.95. The van der Waals surface area contributed by atoms with Crippen molar-refractivity contribution in [2.45, 2.75) is 27.2 Å². The van der Waals surface area contributed by atoms with Gasteiger partial charge in [0.05, 0.1) is 0 Å². The van der Waals surface area contributed by atoms with Crippen molar-refractivity contribution < 1.29 is 14.3 Å². The molecule has 0 aliphatic rings. The van der Waals surface area contributed by atoms with Crippen molar-refractivity contribution in [1.29, 1.82) is 0 Å². The van der Waals surface area contributed by atoms with Gasteiger partial charge in [0.1, 0.15) is 5.75 Å². The number of nitrogens with one attached hydrogen (secondary N) is 1. The van der Waals surface area contributed by atoms with E-state index in [0.717, 1.165) is 16.8 Å². The first kappa shape index (κ1) is 15.8. The monoisotopic (exact) mass is 297 g/mol. The Hall–Kier alpha value is -2.62. The maximum atomic E-state index is 12.2. The topological polar surface area (TPSA) is 55.4 Å². The molecule has 0 saturated carbocycles. The van der Waals surface area contributed by atoms with Gasteiger partial charge in [0.25, 0.3) is 5.91 Å². The summed E-state index contributed by atoms with van der Waals surface area (Å²) < 4.78 is 5.08. The second kappa shape index (κ2) is 6.89. The second-order valence-corrected chi connectivity index (χ2v) is 5.12. The van der Waals surface area contributed by atoms with Crippen LogP contribution in [0.15, 0.2) is 42.5 Å². The number of amides is 1. The molecule has 0 bridgehead atoms. The summed E-state index contributed by atoms with van der Waals surface area (Å²) in [6.07, 6.45) is 0.314. The van der Waals surface area contributed by atoms with Crippen LogP contribution in [0.2, 0.25) is 0 Å². The molecule has 1 N–H and O–H groups in total. The minimum atomic E-state index is -0.299. The average Bonchev–Trinajstić information content (AvgIpc) is 2.50. The van der Waals surface area contributed by atoms with Gasteiger partial charge in [-0.25, -0.2) is 0 Å². The molecule has 4 heteroatoms. The number of carbonyl (C=O) groups is 2. The van der Waals surface area contributed by atoms with Crippen LogP contribution in [0, 0.1) is 13.8 Å². The molecule has 1 amide bonds. The van der Waals surface area contributed by atoms with Gasteiger partial charge in [-0.1, -0.05) is 24.6 Å². The standard InChI is InChI=1S/C18H19NO3/c1-4-17(20)22-15-8-6-14(7-9-15)18(21)19-16-10-5-12(2)11-13(16)3/h5-11H,4H2,1-3H3,(H,19,21). The largest absolute Gasteiger partial charge is 0.427 e. The van der Waals surface area contributed by atoms with E-state index in [1.165, 1.54) is 0 Å². The number of hydrogen-bond donors (Lipinski definition) is 1. The van der Waals surface area contributed by atoms with Crippen LogP contribution in [0.5, 0.6) is 5.75 Å². The number of aryl methyl sites for hydroxylation is 2. The molecule has 114 valence electrons. The van der Waals surface area contributed by atoms with Crippen molar-refractivity contribution >= 4 is 17.6 Å². The highest BCUT2D eigenvalue weighted by molar-refractivity contribution is 6.04. The first-order valence-corrected chi connectivity index (χ1v) is 7.19. The van der Waals surface area contributed by atoms with E-state index in [9.17, 15) is 9.59 Å². The van der Waals surface area contributed by atoms with Crippen molar-refractivity contribution in [1.82, 2.24) is 0 Å². The molecule has 22 heavy (non-hydrogen) atoms. The molecule has 2 rings (SSSR count). The molecule has 0 saturated heterocycles. The van der Waals surface area contributed by atoms with Gasteiger partial charge < -0.3 is 10.1 Å². The van der Waals surface area contributed by atoms with E-state index in [-0.39, 0.29) is 11.9 Å². The zero-order chi connectivity index (χ0) is 16.1. The van der Waals surface area contributed by atoms with Crippen LogP contribution in [0.4, 0.5) is 5.69 Å². The minimum Gasteiger partial charge on any atom is -0.427 e. The third-order valence-electron chi connectivity index (χ3n) is 3.27. The molecule has 0 aliphatic carbocycles. The molecule has 0 atom stereocenters. The van der Waals surface area contributed by atoms with E-state index in [4.69, 9.17) is 4.74 Å². The minimum absolute atomic E-state index is 0.194. The number of rotatable bonds is 4. The van der Waals surface area contributed by atoms with Crippen molar-refractivity contribution in [3.63, 3.8) is 0 Å². The zero-order valence-electron chi connectivity index (χ0n) is 13.0. The maximum absolute atomic E-state index is 12.2. The van der Waals surface area contributed by atoms with Crippen LogP contribution in [0.1, 0.15) is 34.8 Å². The van der Waals surface area contributed by atoms with E-state index < -0.39 is 0 Å². The van der Waals surface area contributed by atoms with E-state index in [2.05, 4.69) is 5.32 Å². The van der Waals surface area contributed by atoms with Gasteiger partial charge in [0, 0.05) is 17.7 Å². The summed E-state index contributed by atoms with van der Waals surface area (Å²) in [7, 11) is 0. The fraction of sp³-hybridized carbons (Fsp3) is 0.222. The maximum Gasteiger partial charge on any atom is 0.310 e. The van der Waals surface area contributed by atoms with Crippen LogP contribution in [0.3, 0.4) is 0 Å².